The van der Waals surface area contributed by atoms with Gasteiger partial charge in [0.05, 0.1) is 12.6 Å². The van der Waals surface area contributed by atoms with Gasteiger partial charge in [-0.2, -0.15) is 0 Å². The maximum Gasteiger partial charge on any atom is 0.274 e. The lowest BCUT2D eigenvalue weighted by Crippen LogP contribution is -2.13. The summed E-state index contributed by atoms with van der Waals surface area (Å²) in [6, 6.07) is 20.6. The second-order valence-corrected chi connectivity index (χ2v) is 6.58. The third kappa shape index (κ3) is 4.16. The molecule has 2 aromatic carbocycles. The molecule has 0 fully saturated rings. The molecule has 2 heterocycles. The van der Waals surface area contributed by atoms with Crippen molar-refractivity contribution in [2.45, 2.75) is 6.92 Å². The Morgan fingerprint density at radius 2 is 1.76 bits per heavy atom. The molecule has 0 spiro atoms. The number of methoxy groups -OCH3 is 1. The Kier molecular flexibility index (Phi) is 5.07. The van der Waals surface area contributed by atoms with Crippen molar-refractivity contribution in [2.75, 3.05) is 17.7 Å². The molecule has 0 saturated carbocycles. The van der Waals surface area contributed by atoms with Gasteiger partial charge in [0.2, 0.25) is 0 Å². The summed E-state index contributed by atoms with van der Waals surface area (Å²) in [5, 5.41) is 7.17. The zero-order valence-corrected chi connectivity index (χ0v) is 16.1. The number of ether oxygens (including phenoxy) is 1. The molecule has 6 nitrogen and oxygen atoms in total. The molecule has 2 N–H and O–H groups in total. The van der Waals surface area contributed by atoms with Crippen molar-refractivity contribution in [1.29, 1.82) is 0 Å². The van der Waals surface area contributed by atoms with Gasteiger partial charge < -0.3 is 15.4 Å². The van der Waals surface area contributed by atoms with E-state index in [4.69, 9.17) is 4.74 Å². The summed E-state index contributed by atoms with van der Waals surface area (Å²) < 4.78 is 5.19. The number of carbonyl (C=O) groups is 1. The SMILES string of the molecule is COc1ccc(Nc2cc(C)c3cc(NC(=O)c4ccccn4)ccc3n2)cc1. The molecule has 29 heavy (non-hydrogen) atoms. The molecule has 0 aliphatic carbocycles. The van der Waals surface area contributed by atoms with Gasteiger partial charge >= 0.3 is 0 Å². The summed E-state index contributed by atoms with van der Waals surface area (Å²) >= 11 is 0. The van der Waals surface area contributed by atoms with E-state index in [9.17, 15) is 4.79 Å². The smallest absolute Gasteiger partial charge is 0.274 e. The summed E-state index contributed by atoms with van der Waals surface area (Å²) in [4.78, 5) is 21.1. The summed E-state index contributed by atoms with van der Waals surface area (Å²) in [6.07, 6.45) is 1.60. The molecule has 144 valence electrons. The van der Waals surface area contributed by atoms with E-state index in [0.29, 0.717) is 11.4 Å². The molecule has 0 bridgehead atoms. The molecule has 0 saturated heterocycles. The minimum Gasteiger partial charge on any atom is -0.497 e. The van der Waals surface area contributed by atoms with Crippen molar-refractivity contribution in [3.63, 3.8) is 0 Å². The van der Waals surface area contributed by atoms with E-state index in [1.807, 2.05) is 55.5 Å². The first-order valence-electron chi connectivity index (χ1n) is 9.17. The summed E-state index contributed by atoms with van der Waals surface area (Å²) in [5.74, 6) is 1.32. The molecule has 4 rings (SSSR count). The zero-order valence-electron chi connectivity index (χ0n) is 16.1. The molecule has 0 radical (unpaired) electrons. The van der Waals surface area contributed by atoms with Crippen LogP contribution in [0.25, 0.3) is 10.9 Å². The van der Waals surface area contributed by atoms with Crippen LogP contribution in [0, 0.1) is 6.92 Å². The minimum absolute atomic E-state index is 0.242. The molecule has 0 aliphatic heterocycles. The van der Waals surface area contributed by atoms with E-state index < -0.39 is 0 Å². The Hall–Kier alpha value is -3.93. The number of aryl methyl sites for hydroxylation is 1. The third-order valence-corrected chi connectivity index (χ3v) is 4.53. The number of nitrogens with zero attached hydrogens (tertiary/aromatic N) is 2. The topological polar surface area (TPSA) is 76.1 Å². The van der Waals surface area contributed by atoms with E-state index >= 15 is 0 Å². The standard InChI is InChI=1S/C23H20N4O2/c1-15-13-22(25-16-6-9-18(29-2)10-7-16)27-20-11-8-17(14-19(15)20)26-23(28)21-5-3-4-12-24-21/h3-14H,1-2H3,(H,25,27)(H,26,28). The molecule has 1 amide bonds. The van der Waals surface area contributed by atoms with Crippen LogP contribution in [0.2, 0.25) is 0 Å². The minimum atomic E-state index is -0.242. The van der Waals surface area contributed by atoms with Gasteiger partial charge in [0.1, 0.15) is 17.3 Å². The van der Waals surface area contributed by atoms with Gasteiger partial charge in [-0.15, -0.1) is 0 Å². The van der Waals surface area contributed by atoms with E-state index in [1.54, 1.807) is 31.5 Å². The number of aromatic nitrogens is 2. The van der Waals surface area contributed by atoms with Crippen LogP contribution in [-0.4, -0.2) is 23.0 Å². The lowest BCUT2D eigenvalue weighted by molar-refractivity contribution is 0.102. The van der Waals surface area contributed by atoms with Crippen LogP contribution in [0.1, 0.15) is 16.1 Å². The first-order chi connectivity index (χ1) is 14.1. The molecule has 0 aliphatic rings. The highest BCUT2D eigenvalue weighted by molar-refractivity contribution is 6.04. The van der Waals surface area contributed by atoms with E-state index in [2.05, 4.69) is 20.6 Å². The number of fused-ring (bicyclic) bond motifs is 1. The van der Waals surface area contributed by atoms with Crippen molar-refractivity contribution < 1.29 is 9.53 Å². The summed E-state index contributed by atoms with van der Waals surface area (Å²) in [6.45, 7) is 2.02. The fraction of sp³-hybridized carbons (Fsp3) is 0.0870. The average molecular weight is 384 g/mol. The van der Waals surface area contributed by atoms with Gasteiger partial charge in [-0.1, -0.05) is 6.07 Å². The Bertz CT molecular complexity index is 1160. The highest BCUT2D eigenvalue weighted by atomic mass is 16.5. The van der Waals surface area contributed by atoms with Crippen molar-refractivity contribution in [2.24, 2.45) is 0 Å². The molecule has 0 atom stereocenters. The van der Waals surface area contributed by atoms with Crippen LogP contribution in [-0.2, 0) is 0 Å². The van der Waals surface area contributed by atoms with Crippen LogP contribution >= 0.6 is 0 Å². The zero-order chi connectivity index (χ0) is 20.2. The predicted molar refractivity (Wildman–Crippen MR) is 115 cm³/mol. The number of anilines is 3. The Labute approximate surface area is 168 Å². The van der Waals surface area contributed by atoms with Crippen LogP contribution in [0.4, 0.5) is 17.2 Å². The average Bonchev–Trinajstić information content (AvgIpc) is 2.75. The predicted octanol–water partition coefficient (Wildman–Crippen LogP) is 4.94. The Balaban J connectivity index is 1.57. The molecule has 6 heteroatoms. The second-order valence-electron chi connectivity index (χ2n) is 6.58. The molecular weight excluding hydrogens is 364 g/mol. The van der Waals surface area contributed by atoms with Crippen LogP contribution in [0.3, 0.4) is 0 Å². The van der Waals surface area contributed by atoms with Crippen molar-refractivity contribution >= 4 is 34.0 Å². The molecular formula is C23H20N4O2. The van der Waals surface area contributed by atoms with Crippen LogP contribution in [0.15, 0.2) is 72.9 Å². The number of benzene rings is 2. The normalized spacial score (nSPS) is 10.6. The van der Waals surface area contributed by atoms with Gasteiger partial charge in [0.15, 0.2) is 0 Å². The highest BCUT2D eigenvalue weighted by Gasteiger charge is 2.09. The maximum atomic E-state index is 12.3. The van der Waals surface area contributed by atoms with Crippen LogP contribution < -0.4 is 15.4 Å². The van der Waals surface area contributed by atoms with Crippen LogP contribution in [0.5, 0.6) is 5.75 Å². The fourth-order valence-electron chi connectivity index (χ4n) is 3.05. The first kappa shape index (κ1) is 18.4. The number of amides is 1. The maximum absolute atomic E-state index is 12.3. The van der Waals surface area contributed by atoms with Crippen molar-refractivity contribution in [1.82, 2.24) is 9.97 Å². The number of pyridine rings is 2. The van der Waals surface area contributed by atoms with Gasteiger partial charge in [-0.25, -0.2) is 4.98 Å². The Morgan fingerprint density at radius 3 is 2.48 bits per heavy atom. The number of hydrogen-bond acceptors (Lipinski definition) is 5. The number of carbonyl (C=O) groups excluding carboxylic acids is 1. The highest BCUT2D eigenvalue weighted by Crippen LogP contribution is 2.26. The fourth-order valence-corrected chi connectivity index (χ4v) is 3.05. The van der Waals surface area contributed by atoms with Gasteiger partial charge in [0, 0.05) is 23.0 Å². The molecule has 4 aromatic rings. The van der Waals surface area contributed by atoms with E-state index in [-0.39, 0.29) is 5.91 Å². The number of nitrogens with one attached hydrogen (secondary N) is 2. The van der Waals surface area contributed by atoms with E-state index in [0.717, 1.165) is 33.7 Å². The largest absolute Gasteiger partial charge is 0.497 e. The summed E-state index contributed by atoms with van der Waals surface area (Å²) in [5.41, 5.74) is 3.91. The monoisotopic (exact) mass is 384 g/mol. The number of rotatable bonds is 5. The first-order valence-corrected chi connectivity index (χ1v) is 9.17. The quantitative estimate of drug-likeness (QED) is 0.509. The summed E-state index contributed by atoms with van der Waals surface area (Å²) in [7, 11) is 1.64. The number of hydrogen-bond donors (Lipinski definition) is 2. The van der Waals surface area contributed by atoms with E-state index in [1.165, 1.54) is 0 Å². The Morgan fingerprint density at radius 1 is 0.966 bits per heavy atom. The van der Waals surface area contributed by atoms with Gasteiger partial charge in [-0.05, 0) is 73.2 Å². The third-order valence-electron chi connectivity index (χ3n) is 4.53. The van der Waals surface area contributed by atoms with Crippen molar-refractivity contribution in [3.8, 4) is 5.75 Å². The lowest BCUT2D eigenvalue weighted by Gasteiger charge is -2.11. The van der Waals surface area contributed by atoms with Gasteiger partial charge in [-0.3, -0.25) is 9.78 Å². The molecule has 2 aromatic heterocycles. The molecule has 0 unspecified atom stereocenters. The lowest BCUT2D eigenvalue weighted by atomic mass is 10.1. The second kappa shape index (κ2) is 7.98. The van der Waals surface area contributed by atoms with Gasteiger partial charge in [0.25, 0.3) is 5.91 Å². The van der Waals surface area contributed by atoms with Crippen molar-refractivity contribution in [3.05, 3.63) is 84.2 Å².